The molecule has 3 aromatic carbocycles. The summed E-state index contributed by atoms with van der Waals surface area (Å²) in [5, 5.41) is 14.7. The van der Waals surface area contributed by atoms with E-state index in [0.29, 0.717) is 18.4 Å². The number of hydrogen-bond donors (Lipinski definition) is 2. The number of aliphatic hydroxyl groups is 1. The largest absolute Gasteiger partial charge is 0.387 e. The molecule has 3 aromatic rings. The van der Waals surface area contributed by atoms with Gasteiger partial charge in [0.1, 0.15) is 5.82 Å². The van der Waals surface area contributed by atoms with Gasteiger partial charge >= 0.3 is 0 Å². The molecular weight excluding hydrogens is 431 g/mol. The first-order valence-corrected chi connectivity index (χ1v) is 12.0. The topological polar surface area (TPSA) is 86.7 Å². The van der Waals surface area contributed by atoms with Crippen LogP contribution in [-0.4, -0.2) is 43.4 Å². The van der Waals surface area contributed by atoms with Crippen LogP contribution >= 0.6 is 0 Å². The number of fused-ring (bicyclic) bond motifs is 1. The number of hydrogen-bond acceptors (Lipinski definition) is 4. The van der Waals surface area contributed by atoms with Crippen LogP contribution in [0.2, 0.25) is 0 Å². The zero-order chi connectivity index (χ0) is 22.7. The summed E-state index contributed by atoms with van der Waals surface area (Å²) in [4.78, 5) is 12.8. The third-order valence-corrected chi connectivity index (χ3v) is 7.78. The molecule has 0 bridgehead atoms. The van der Waals surface area contributed by atoms with Gasteiger partial charge in [-0.15, -0.1) is 0 Å². The highest BCUT2D eigenvalue weighted by Crippen LogP contribution is 2.26. The number of nitrogens with one attached hydrogen (secondary N) is 1. The van der Waals surface area contributed by atoms with E-state index in [2.05, 4.69) is 5.32 Å². The lowest BCUT2D eigenvalue weighted by atomic mass is 9.97. The van der Waals surface area contributed by atoms with Gasteiger partial charge in [0.25, 0.3) is 0 Å². The summed E-state index contributed by atoms with van der Waals surface area (Å²) in [6, 6.07) is 18.3. The molecule has 1 atom stereocenters. The molecule has 2 N–H and O–H groups in total. The lowest BCUT2D eigenvalue weighted by Crippen LogP contribution is -2.43. The van der Waals surface area contributed by atoms with Crippen LogP contribution in [0.1, 0.15) is 24.5 Å². The minimum atomic E-state index is -3.64. The maximum atomic E-state index is 13.3. The van der Waals surface area contributed by atoms with Gasteiger partial charge in [0.05, 0.1) is 11.0 Å². The first-order valence-electron chi connectivity index (χ1n) is 10.5. The molecule has 32 heavy (non-hydrogen) atoms. The highest BCUT2D eigenvalue weighted by molar-refractivity contribution is 7.89. The summed E-state index contributed by atoms with van der Waals surface area (Å²) >= 11 is 0. The van der Waals surface area contributed by atoms with Crippen LogP contribution in [0.15, 0.2) is 71.6 Å². The predicted octanol–water partition coefficient (Wildman–Crippen LogP) is 3.23. The van der Waals surface area contributed by atoms with E-state index < -0.39 is 21.9 Å². The van der Waals surface area contributed by atoms with Crippen molar-refractivity contribution >= 4 is 26.7 Å². The quantitative estimate of drug-likeness (QED) is 0.596. The Hall–Kier alpha value is -2.81. The smallest absolute Gasteiger partial charge is 0.243 e. The average Bonchev–Trinajstić information content (AvgIpc) is 2.82. The molecule has 8 heteroatoms. The lowest BCUT2D eigenvalue weighted by molar-refractivity contribution is -0.126. The zero-order valence-corrected chi connectivity index (χ0v) is 18.3. The molecule has 1 amide bonds. The minimum absolute atomic E-state index is 0.0299. The highest BCUT2D eigenvalue weighted by Gasteiger charge is 2.32. The molecule has 0 aromatic heterocycles. The van der Waals surface area contributed by atoms with Crippen LogP contribution in [0.25, 0.3) is 10.8 Å². The van der Waals surface area contributed by atoms with Gasteiger partial charge in [-0.3, -0.25) is 4.79 Å². The normalized spacial score (nSPS) is 16.7. The molecule has 0 saturated carbocycles. The van der Waals surface area contributed by atoms with Crippen LogP contribution in [0.3, 0.4) is 0 Å². The third kappa shape index (κ3) is 4.82. The number of amides is 1. The van der Waals surface area contributed by atoms with E-state index in [1.54, 1.807) is 24.3 Å². The second-order valence-electron chi connectivity index (χ2n) is 8.00. The number of carbonyl (C=O) groups is 1. The Morgan fingerprint density at radius 2 is 1.75 bits per heavy atom. The van der Waals surface area contributed by atoms with Gasteiger partial charge in [0.2, 0.25) is 15.9 Å². The van der Waals surface area contributed by atoms with Gasteiger partial charge in [-0.25, -0.2) is 12.8 Å². The number of nitrogens with zero attached hydrogens (tertiary/aromatic N) is 1. The van der Waals surface area contributed by atoms with E-state index in [0.717, 1.165) is 10.8 Å². The number of halogens is 1. The minimum Gasteiger partial charge on any atom is -0.387 e. The van der Waals surface area contributed by atoms with Crippen molar-refractivity contribution < 1.29 is 22.7 Å². The maximum absolute atomic E-state index is 13.3. The standard InChI is InChI=1S/C24H25FN2O4S/c25-21-7-3-6-20(14-21)23(28)16-26-24(29)18-10-12-27(13-11-18)32(30,31)22-9-8-17-4-1-2-5-19(17)15-22/h1-9,14-15,18,23,28H,10-13,16H2,(H,26,29). The number of benzene rings is 3. The van der Waals surface area contributed by atoms with E-state index >= 15 is 0 Å². The lowest BCUT2D eigenvalue weighted by Gasteiger charge is -2.30. The maximum Gasteiger partial charge on any atom is 0.243 e. The first kappa shape index (κ1) is 22.4. The summed E-state index contributed by atoms with van der Waals surface area (Å²) in [6.45, 7) is 0.470. The summed E-state index contributed by atoms with van der Waals surface area (Å²) in [5.74, 6) is -1.02. The van der Waals surface area contributed by atoms with Crippen LogP contribution in [0.4, 0.5) is 4.39 Å². The number of piperidine rings is 1. The second-order valence-corrected chi connectivity index (χ2v) is 9.94. The summed E-state index contributed by atoms with van der Waals surface area (Å²) in [5.41, 5.74) is 0.390. The monoisotopic (exact) mass is 456 g/mol. The van der Waals surface area contributed by atoms with Crippen LogP contribution in [0.5, 0.6) is 0 Å². The number of rotatable bonds is 6. The van der Waals surface area contributed by atoms with Crippen LogP contribution in [0, 0.1) is 11.7 Å². The van der Waals surface area contributed by atoms with Crippen molar-refractivity contribution in [1.29, 1.82) is 0 Å². The van der Waals surface area contributed by atoms with Crippen molar-refractivity contribution in [3.63, 3.8) is 0 Å². The summed E-state index contributed by atoms with van der Waals surface area (Å²) in [6.07, 6.45) is -0.216. The summed E-state index contributed by atoms with van der Waals surface area (Å²) < 4.78 is 40.9. The fraction of sp³-hybridized carbons (Fsp3) is 0.292. The van der Waals surface area contributed by atoms with Crippen molar-refractivity contribution in [2.75, 3.05) is 19.6 Å². The van der Waals surface area contributed by atoms with Crippen molar-refractivity contribution in [2.45, 2.75) is 23.8 Å². The van der Waals surface area contributed by atoms with E-state index in [1.807, 2.05) is 24.3 Å². The first-order chi connectivity index (χ1) is 15.3. The van der Waals surface area contributed by atoms with Gasteiger partial charge in [0, 0.05) is 25.6 Å². The third-order valence-electron chi connectivity index (χ3n) is 5.89. The molecule has 1 fully saturated rings. The Bertz CT molecular complexity index is 1220. The van der Waals surface area contributed by atoms with Gasteiger partial charge < -0.3 is 10.4 Å². The second kappa shape index (κ2) is 9.36. The highest BCUT2D eigenvalue weighted by atomic mass is 32.2. The molecule has 168 valence electrons. The van der Waals surface area contributed by atoms with Gasteiger partial charge in [-0.2, -0.15) is 4.31 Å². The van der Waals surface area contributed by atoms with Crippen molar-refractivity contribution in [3.05, 3.63) is 78.1 Å². The van der Waals surface area contributed by atoms with Crippen molar-refractivity contribution in [3.8, 4) is 0 Å². The Balaban J connectivity index is 1.34. The fourth-order valence-corrected chi connectivity index (χ4v) is 5.51. The zero-order valence-electron chi connectivity index (χ0n) is 17.4. The molecule has 1 unspecified atom stereocenters. The Labute approximate surface area is 186 Å². The Morgan fingerprint density at radius 1 is 1.03 bits per heavy atom. The molecule has 0 aliphatic carbocycles. The number of sulfonamides is 1. The number of aliphatic hydroxyl groups excluding tert-OH is 1. The molecule has 1 heterocycles. The van der Waals surface area contributed by atoms with Gasteiger partial charge in [-0.05, 0) is 53.4 Å². The Kier molecular flexibility index (Phi) is 6.55. The van der Waals surface area contributed by atoms with E-state index in [4.69, 9.17) is 0 Å². The fourth-order valence-electron chi connectivity index (χ4n) is 4.01. The average molecular weight is 457 g/mol. The summed E-state index contributed by atoms with van der Waals surface area (Å²) in [7, 11) is -3.64. The Morgan fingerprint density at radius 3 is 2.47 bits per heavy atom. The van der Waals surface area contributed by atoms with Crippen molar-refractivity contribution in [1.82, 2.24) is 9.62 Å². The molecule has 1 aliphatic rings. The molecule has 4 rings (SSSR count). The number of carbonyl (C=O) groups excluding carboxylic acids is 1. The van der Waals surface area contributed by atoms with Crippen LogP contribution < -0.4 is 5.32 Å². The van der Waals surface area contributed by atoms with E-state index in [-0.39, 0.29) is 36.4 Å². The van der Waals surface area contributed by atoms with E-state index in [1.165, 1.54) is 22.5 Å². The van der Waals surface area contributed by atoms with Crippen molar-refractivity contribution in [2.24, 2.45) is 5.92 Å². The molecule has 0 spiro atoms. The predicted molar refractivity (Wildman–Crippen MR) is 120 cm³/mol. The SMILES string of the molecule is O=C(NCC(O)c1cccc(F)c1)C1CCN(S(=O)(=O)c2ccc3ccccc3c2)CC1. The molecule has 0 radical (unpaired) electrons. The molecular formula is C24H25FN2O4S. The molecule has 1 aliphatic heterocycles. The van der Waals surface area contributed by atoms with Gasteiger partial charge in [0.15, 0.2) is 0 Å². The molecule has 1 saturated heterocycles. The van der Waals surface area contributed by atoms with Crippen LogP contribution in [-0.2, 0) is 14.8 Å². The molecule has 6 nitrogen and oxygen atoms in total. The van der Waals surface area contributed by atoms with Gasteiger partial charge in [-0.1, -0.05) is 42.5 Å². The van der Waals surface area contributed by atoms with E-state index in [9.17, 15) is 22.7 Å².